The smallest absolute Gasteiger partial charge is 0.184 e. The molecule has 2 aliphatic heterocycles. The Hall–Kier alpha value is -0.520. The summed E-state index contributed by atoms with van der Waals surface area (Å²) in [5.41, 5.74) is 5.85. The first kappa shape index (κ1) is 23.8. The maximum atomic E-state index is 9.98. The van der Waals surface area contributed by atoms with Gasteiger partial charge in [0.1, 0.15) is 48.8 Å². The number of hydrogen-bond acceptors (Lipinski definition) is 13. The Morgan fingerprint density at radius 3 is 1.36 bits per heavy atom. The van der Waals surface area contributed by atoms with Gasteiger partial charge in [0.15, 0.2) is 12.6 Å². The van der Waals surface area contributed by atoms with Crippen molar-refractivity contribution in [1.29, 1.82) is 0 Å². The van der Waals surface area contributed by atoms with Crippen molar-refractivity contribution in [3.63, 3.8) is 0 Å². The third kappa shape index (κ3) is 5.34. The summed E-state index contributed by atoms with van der Waals surface area (Å²) in [6, 6.07) is -0.814. The van der Waals surface area contributed by atoms with E-state index in [1.165, 1.54) is 0 Å². The van der Waals surface area contributed by atoms with Gasteiger partial charge in [0.25, 0.3) is 0 Å². The minimum absolute atomic E-state index is 0.219. The summed E-state index contributed by atoms with van der Waals surface area (Å²) in [5, 5.41) is 76.7. The van der Waals surface area contributed by atoms with Gasteiger partial charge >= 0.3 is 0 Å². The van der Waals surface area contributed by atoms with Crippen LogP contribution in [-0.2, 0) is 18.9 Å². The molecule has 166 valence electrons. The van der Waals surface area contributed by atoms with Gasteiger partial charge in [-0.2, -0.15) is 0 Å². The largest absolute Gasteiger partial charge is 0.394 e. The van der Waals surface area contributed by atoms with Gasteiger partial charge in [-0.25, -0.2) is 0 Å². The summed E-state index contributed by atoms with van der Waals surface area (Å²) < 4.78 is 20.7. The van der Waals surface area contributed by atoms with Crippen LogP contribution in [0, 0.1) is 0 Å². The van der Waals surface area contributed by atoms with Gasteiger partial charge < -0.3 is 65.5 Å². The van der Waals surface area contributed by atoms with E-state index < -0.39 is 80.7 Å². The van der Waals surface area contributed by atoms with Crippen molar-refractivity contribution in [2.75, 3.05) is 26.4 Å². The molecule has 13 nitrogen and oxygen atoms in total. The van der Waals surface area contributed by atoms with Crippen molar-refractivity contribution in [1.82, 2.24) is 0 Å². The van der Waals surface area contributed by atoms with Crippen molar-refractivity contribution in [2.45, 2.75) is 67.5 Å². The molecule has 10 N–H and O–H groups in total. The van der Waals surface area contributed by atoms with Gasteiger partial charge in [-0.15, -0.1) is 0 Å². The van der Waals surface area contributed by atoms with Crippen molar-refractivity contribution in [3.05, 3.63) is 0 Å². The van der Waals surface area contributed by atoms with Crippen LogP contribution in [-0.4, -0.2) is 135 Å². The molecule has 0 spiro atoms. The van der Waals surface area contributed by atoms with Crippen LogP contribution >= 0.6 is 0 Å². The van der Waals surface area contributed by atoms with Crippen molar-refractivity contribution in [2.24, 2.45) is 5.73 Å². The number of rotatable bonds is 8. The number of aliphatic hydroxyl groups is 8. The minimum Gasteiger partial charge on any atom is -0.394 e. The predicted octanol–water partition coefficient (Wildman–Crippen LogP) is -6.05. The number of ether oxygens (including phenoxy) is 4. The molecule has 0 radical (unpaired) electrons. The van der Waals surface area contributed by atoms with E-state index in [2.05, 4.69) is 0 Å². The Labute approximate surface area is 160 Å². The van der Waals surface area contributed by atoms with Gasteiger partial charge in [-0.3, -0.25) is 0 Å². The standard InChI is InChI=1S/C15H29NO12/c16-5(3-25-12-6(1-17)27-14(23)10(21)8(12)19)4-26-13-7(2-18)28-15(24)11(22)9(13)20/h5-15,17-24H,1-4,16H2/t5?,6-,7-,8-,9-,10-,11-,12-,13-,14?,15?/m1/s1. The summed E-state index contributed by atoms with van der Waals surface area (Å²) >= 11 is 0. The Bertz CT molecular complexity index is 428. The van der Waals surface area contributed by atoms with E-state index in [4.69, 9.17) is 24.7 Å². The summed E-state index contributed by atoms with van der Waals surface area (Å²) in [4.78, 5) is 0. The van der Waals surface area contributed by atoms with Crippen molar-refractivity contribution in [3.8, 4) is 0 Å². The molecule has 13 heteroatoms. The highest BCUT2D eigenvalue weighted by molar-refractivity contribution is 4.91. The lowest BCUT2D eigenvalue weighted by Gasteiger charge is -2.41. The molecular weight excluding hydrogens is 386 g/mol. The van der Waals surface area contributed by atoms with Crippen LogP contribution in [0.2, 0.25) is 0 Å². The number of hydrogen-bond donors (Lipinski definition) is 9. The molecule has 10 atom stereocenters. The lowest BCUT2D eigenvalue weighted by Crippen LogP contribution is -2.60. The van der Waals surface area contributed by atoms with Crippen LogP contribution in [0.4, 0.5) is 0 Å². The summed E-state index contributed by atoms with van der Waals surface area (Å²) in [5.74, 6) is 0. The maximum Gasteiger partial charge on any atom is 0.184 e. The van der Waals surface area contributed by atoms with Crippen LogP contribution in [0.3, 0.4) is 0 Å². The molecule has 0 bridgehead atoms. The van der Waals surface area contributed by atoms with E-state index in [1.807, 2.05) is 0 Å². The van der Waals surface area contributed by atoms with Crippen molar-refractivity contribution < 1.29 is 59.8 Å². The molecule has 28 heavy (non-hydrogen) atoms. The molecule has 0 saturated carbocycles. The summed E-state index contributed by atoms with van der Waals surface area (Å²) in [6.07, 6.45) is -14.2. The fourth-order valence-corrected chi connectivity index (χ4v) is 3.06. The molecule has 0 aromatic rings. The fourth-order valence-electron chi connectivity index (χ4n) is 3.06. The third-order valence-corrected chi connectivity index (χ3v) is 4.68. The van der Waals surface area contributed by atoms with Crippen molar-refractivity contribution >= 4 is 0 Å². The van der Waals surface area contributed by atoms with Crippen LogP contribution in [0.15, 0.2) is 0 Å². The van der Waals surface area contributed by atoms with E-state index in [0.717, 1.165) is 0 Å². The molecule has 2 heterocycles. The average Bonchev–Trinajstić information content (AvgIpc) is 2.68. The SMILES string of the molecule is NC(CO[C@H]1[C@H](O)[C@@H](O)C(O)O[C@@H]1CO)CO[C@H]1[C@H](O)[C@@H](O)C(O)O[C@@H]1CO. The van der Waals surface area contributed by atoms with E-state index in [-0.39, 0.29) is 13.2 Å². The van der Waals surface area contributed by atoms with E-state index in [0.29, 0.717) is 0 Å². The molecule has 2 aliphatic rings. The normalized spacial score (nSPS) is 45.8. The third-order valence-electron chi connectivity index (χ3n) is 4.68. The quantitative estimate of drug-likeness (QED) is 0.180. The molecule has 2 rings (SSSR count). The van der Waals surface area contributed by atoms with Crippen LogP contribution < -0.4 is 5.73 Å². The number of aliphatic hydroxyl groups excluding tert-OH is 8. The first-order valence-corrected chi connectivity index (χ1v) is 8.81. The zero-order valence-electron chi connectivity index (χ0n) is 15.0. The Morgan fingerprint density at radius 2 is 1.04 bits per heavy atom. The zero-order chi connectivity index (χ0) is 21.0. The molecule has 2 saturated heterocycles. The number of nitrogens with two attached hydrogens (primary N) is 1. The second kappa shape index (κ2) is 10.5. The van der Waals surface area contributed by atoms with Gasteiger partial charge in [0, 0.05) is 0 Å². The molecule has 0 amide bonds. The van der Waals surface area contributed by atoms with E-state index >= 15 is 0 Å². The average molecular weight is 415 g/mol. The van der Waals surface area contributed by atoms with Crippen LogP contribution in [0.5, 0.6) is 0 Å². The lowest BCUT2D eigenvalue weighted by molar-refractivity contribution is -0.298. The Kier molecular flexibility index (Phi) is 8.90. The van der Waals surface area contributed by atoms with E-state index in [1.54, 1.807) is 0 Å². The molecule has 2 unspecified atom stereocenters. The summed E-state index contributed by atoms with van der Waals surface area (Å²) in [6.45, 7) is -1.60. The molecule has 0 aliphatic carbocycles. The zero-order valence-corrected chi connectivity index (χ0v) is 15.0. The van der Waals surface area contributed by atoms with Gasteiger partial charge in [0.05, 0.1) is 32.5 Å². The maximum absolute atomic E-state index is 9.98. The molecule has 0 aromatic carbocycles. The first-order valence-electron chi connectivity index (χ1n) is 8.81. The highest BCUT2D eigenvalue weighted by atomic mass is 16.7. The van der Waals surface area contributed by atoms with Gasteiger partial charge in [0.2, 0.25) is 0 Å². The second-order valence-electron chi connectivity index (χ2n) is 6.81. The molecule has 0 aromatic heterocycles. The first-order chi connectivity index (χ1) is 13.2. The predicted molar refractivity (Wildman–Crippen MR) is 87.4 cm³/mol. The molecule has 2 fully saturated rings. The molecular formula is C15H29NO12. The van der Waals surface area contributed by atoms with Crippen LogP contribution in [0.25, 0.3) is 0 Å². The van der Waals surface area contributed by atoms with Gasteiger partial charge in [-0.05, 0) is 0 Å². The Morgan fingerprint density at radius 1 is 0.679 bits per heavy atom. The monoisotopic (exact) mass is 415 g/mol. The van der Waals surface area contributed by atoms with E-state index in [9.17, 15) is 40.9 Å². The minimum atomic E-state index is -1.67. The fraction of sp³-hybridized carbons (Fsp3) is 1.00. The summed E-state index contributed by atoms with van der Waals surface area (Å²) in [7, 11) is 0. The highest BCUT2D eigenvalue weighted by Crippen LogP contribution is 2.24. The van der Waals surface area contributed by atoms with Crippen LogP contribution in [0.1, 0.15) is 0 Å². The lowest BCUT2D eigenvalue weighted by atomic mass is 9.99. The Balaban J connectivity index is 1.85. The highest BCUT2D eigenvalue weighted by Gasteiger charge is 2.46. The topological polar surface area (TPSA) is 225 Å². The van der Waals surface area contributed by atoms with Gasteiger partial charge in [-0.1, -0.05) is 0 Å². The second-order valence-corrected chi connectivity index (χ2v) is 6.81.